The molecule has 0 fully saturated rings. The van der Waals surface area contributed by atoms with Crippen LogP contribution in [-0.2, 0) is 0 Å². The van der Waals surface area contributed by atoms with Gasteiger partial charge in [-0.1, -0.05) is 12.2 Å². The molecule has 0 amide bonds. The molecule has 0 bridgehead atoms. The van der Waals surface area contributed by atoms with E-state index in [-0.39, 0.29) is 5.60 Å². The van der Waals surface area contributed by atoms with E-state index < -0.39 is 6.10 Å². The molecule has 3 heteroatoms. The Hall–Kier alpha value is -1.48. The molecule has 1 N–H and O–H groups in total. The van der Waals surface area contributed by atoms with Gasteiger partial charge >= 0.3 is 0 Å². The van der Waals surface area contributed by atoms with Crippen LogP contribution in [0.4, 0.5) is 0 Å². The van der Waals surface area contributed by atoms with Crippen molar-refractivity contribution in [2.75, 3.05) is 6.61 Å². The second kappa shape index (κ2) is 5.02. The predicted molar refractivity (Wildman–Crippen MR) is 71.0 cm³/mol. The van der Waals surface area contributed by atoms with Crippen molar-refractivity contribution in [3.05, 3.63) is 35.9 Å². The van der Waals surface area contributed by atoms with Gasteiger partial charge < -0.3 is 14.6 Å². The average molecular weight is 248 g/mol. The summed E-state index contributed by atoms with van der Waals surface area (Å²) in [6, 6.07) is 5.59. The average Bonchev–Trinajstić information content (AvgIpc) is 2.27. The van der Waals surface area contributed by atoms with Crippen LogP contribution in [0, 0.1) is 0 Å². The van der Waals surface area contributed by atoms with Crippen molar-refractivity contribution in [1.82, 2.24) is 0 Å². The highest BCUT2D eigenvalue weighted by molar-refractivity contribution is 5.43. The molecule has 1 aliphatic rings. The van der Waals surface area contributed by atoms with Crippen LogP contribution in [-0.4, -0.2) is 17.3 Å². The van der Waals surface area contributed by atoms with Crippen molar-refractivity contribution >= 4 is 0 Å². The number of aliphatic hydroxyl groups is 1. The molecule has 0 aliphatic carbocycles. The quantitative estimate of drug-likeness (QED) is 0.835. The van der Waals surface area contributed by atoms with Gasteiger partial charge in [0.2, 0.25) is 0 Å². The van der Waals surface area contributed by atoms with Gasteiger partial charge in [-0.3, -0.25) is 0 Å². The lowest BCUT2D eigenvalue weighted by atomic mass is 9.92. The van der Waals surface area contributed by atoms with Crippen molar-refractivity contribution < 1.29 is 14.6 Å². The molecule has 0 spiro atoms. The maximum absolute atomic E-state index is 10.1. The fourth-order valence-electron chi connectivity index (χ4n) is 2.12. The summed E-state index contributed by atoms with van der Waals surface area (Å²) in [6.45, 7) is 6.46. The van der Waals surface area contributed by atoms with E-state index in [4.69, 9.17) is 9.47 Å². The van der Waals surface area contributed by atoms with Gasteiger partial charge in [0.15, 0.2) is 0 Å². The SMILES string of the molecule is CC=CCOc1ccc2c(c1)OC(C)(C)CC2O. The van der Waals surface area contributed by atoms with E-state index in [1.807, 2.05) is 51.1 Å². The summed E-state index contributed by atoms with van der Waals surface area (Å²) in [5, 5.41) is 10.1. The normalized spacial score (nSPS) is 21.4. The molecule has 1 aromatic carbocycles. The van der Waals surface area contributed by atoms with Gasteiger partial charge in [0.1, 0.15) is 23.7 Å². The summed E-state index contributed by atoms with van der Waals surface area (Å²) in [5.41, 5.74) is 0.502. The Bertz CT molecular complexity index is 449. The van der Waals surface area contributed by atoms with E-state index in [1.54, 1.807) is 0 Å². The zero-order valence-corrected chi connectivity index (χ0v) is 11.1. The maximum atomic E-state index is 10.1. The molecule has 2 rings (SSSR count). The van der Waals surface area contributed by atoms with Gasteiger partial charge in [0, 0.05) is 18.1 Å². The van der Waals surface area contributed by atoms with E-state index in [2.05, 4.69) is 0 Å². The molecule has 0 aromatic heterocycles. The second-order valence-electron chi connectivity index (χ2n) is 5.16. The fraction of sp³-hybridized carbons (Fsp3) is 0.467. The van der Waals surface area contributed by atoms with Crippen molar-refractivity contribution in [1.29, 1.82) is 0 Å². The van der Waals surface area contributed by atoms with E-state index in [0.717, 1.165) is 17.1 Å². The van der Waals surface area contributed by atoms with Gasteiger partial charge in [-0.25, -0.2) is 0 Å². The van der Waals surface area contributed by atoms with Gasteiger partial charge in [0.25, 0.3) is 0 Å². The topological polar surface area (TPSA) is 38.7 Å². The summed E-state index contributed by atoms with van der Waals surface area (Å²) in [4.78, 5) is 0. The summed E-state index contributed by atoms with van der Waals surface area (Å²) >= 11 is 0. The number of rotatable bonds is 3. The van der Waals surface area contributed by atoms with Crippen LogP contribution in [0.3, 0.4) is 0 Å². The molecule has 0 saturated carbocycles. The standard InChI is InChI=1S/C15H20O3/c1-4-5-8-17-11-6-7-12-13(16)10-15(2,3)18-14(12)9-11/h4-7,9,13,16H,8,10H2,1-3H3. The van der Waals surface area contributed by atoms with Crippen molar-refractivity contribution in [3.63, 3.8) is 0 Å². The number of aliphatic hydroxyl groups excluding tert-OH is 1. The minimum Gasteiger partial charge on any atom is -0.489 e. The van der Waals surface area contributed by atoms with Gasteiger partial charge in [-0.05, 0) is 32.9 Å². The summed E-state index contributed by atoms with van der Waals surface area (Å²) in [6.07, 6.45) is 4.04. The molecule has 1 aliphatic heterocycles. The Labute approximate surface area is 108 Å². The summed E-state index contributed by atoms with van der Waals surface area (Å²) in [7, 11) is 0. The van der Waals surface area contributed by atoms with Crippen LogP contribution in [0.25, 0.3) is 0 Å². The van der Waals surface area contributed by atoms with E-state index in [0.29, 0.717) is 13.0 Å². The number of benzene rings is 1. The number of fused-ring (bicyclic) bond motifs is 1. The highest BCUT2D eigenvalue weighted by Gasteiger charge is 2.32. The lowest BCUT2D eigenvalue weighted by molar-refractivity contribution is 0.0113. The Morgan fingerprint density at radius 2 is 2.28 bits per heavy atom. The molecule has 1 atom stereocenters. The minimum absolute atomic E-state index is 0.339. The molecule has 1 aromatic rings. The van der Waals surface area contributed by atoms with Crippen LogP contribution in [0.5, 0.6) is 11.5 Å². The smallest absolute Gasteiger partial charge is 0.129 e. The van der Waals surface area contributed by atoms with E-state index in [9.17, 15) is 5.11 Å². The first-order valence-electron chi connectivity index (χ1n) is 6.27. The molecule has 98 valence electrons. The van der Waals surface area contributed by atoms with Gasteiger partial charge in [-0.2, -0.15) is 0 Å². The number of allylic oxidation sites excluding steroid dienone is 1. The molecule has 1 heterocycles. The second-order valence-corrected chi connectivity index (χ2v) is 5.16. The lowest BCUT2D eigenvalue weighted by Gasteiger charge is -2.35. The minimum atomic E-state index is -0.465. The first-order chi connectivity index (χ1) is 8.52. The highest BCUT2D eigenvalue weighted by Crippen LogP contribution is 2.40. The largest absolute Gasteiger partial charge is 0.489 e. The molecule has 18 heavy (non-hydrogen) atoms. The Balaban J connectivity index is 2.20. The molecule has 1 unspecified atom stereocenters. The monoisotopic (exact) mass is 248 g/mol. The van der Waals surface area contributed by atoms with Crippen LogP contribution in [0.1, 0.15) is 38.9 Å². The molecule has 0 saturated heterocycles. The summed E-state index contributed by atoms with van der Waals surface area (Å²) < 4.78 is 11.4. The lowest BCUT2D eigenvalue weighted by Crippen LogP contribution is -2.34. The Kier molecular flexibility index (Phi) is 3.62. The Morgan fingerprint density at radius 1 is 1.50 bits per heavy atom. The number of hydrogen-bond donors (Lipinski definition) is 1. The van der Waals surface area contributed by atoms with Crippen molar-refractivity contribution in [3.8, 4) is 11.5 Å². The zero-order valence-electron chi connectivity index (χ0n) is 11.1. The van der Waals surface area contributed by atoms with E-state index >= 15 is 0 Å². The third kappa shape index (κ3) is 2.85. The molecular weight excluding hydrogens is 228 g/mol. The van der Waals surface area contributed by atoms with Crippen LogP contribution in [0.2, 0.25) is 0 Å². The highest BCUT2D eigenvalue weighted by atomic mass is 16.5. The predicted octanol–water partition coefficient (Wildman–Crippen LogP) is 3.24. The zero-order chi connectivity index (χ0) is 13.2. The fourth-order valence-corrected chi connectivity index (χ4v) is 2.12. The maximum Gasteiger partial charge on any atom is 0.129 e. The van der Waals surface area contributed by atoms with Gasteiger partial charge in [0.05, 0.1) is 6.10 Å². The molecule has 0 radical (unpaired) electrons. The number of ether oxygens (including phenoxy) is 2. The first-order valence-corrected chi connectivity index (χ1v) is 6.27. The third-order valence-electron chi connectivity index (χ3n) is 3.00. The summed E-state index contributed by atoms with van der Waals surface area (Å²) in [5.74, 6) is 1.48. The Morgan fingerprint density at radius 3 is 3.00 bits per heavy atom. The van der Waals surface area contributed by atoms with Crippen molar-refractivity contribution in [2.24, 2.45) is 0 Å². The van der Waals surface area contributed by atoms with Crippen LogP contribution in [0.15, 0.2) is 30.4 Å². The van der Waals surface area contributed by atoms with Gasteiger partial charge in [-0.15, -0.1) is 0 Å². The number of hydrogen-bond acceptors (Lipinski definition) is 3. The van der Waals surface area contributed by atoms with Crippen LogP contribution < -0.4 is 9.47 Å². The van der Waals surface area contributed by atoms with Crippen LogP contribution >= 0.6 is 0 Å². The van der Waals surface area contributed by atoms with E-state index in [1.165, 1.54) is 0 Å². The van der Waals surface area contributed by atoms with Crippen molar-refractivity contribution in [2.45, 2.75) is 38.9 Å². The third-order valence-corrected chi connectivity index (χ3v) is 3.00. The first kappa shape index (κ1) is 13.0. The molecular formula is C15H20O3. The molecule has 3 nitrogen and oxygen atoms in total.